The van der Waals surface area contributed by atoms with Gasteiger partial charge in [-0.3, -0.25) is 9.78 Å². The van der Waals surface area contributed by atoms with Crippen molar-refractivity contribution in [3.8, 4) is 17.6 Å². The van der Waals surface area contributed by atoms with E-state index in [1.54, 1.807) is 38.4 Å². The minimum absolute atomic E-state index is 0.0155. The van der Waals surface area contributed by atoms with Crippen LogP contribution in [0.3, 0.4) is 0 Å². The second kappa shape index (κ2) is 14.3. The normalized spacial score (nSPS) is 17.2. The SMILES string of the molecule is CNC(=O)C1(COc2cc(OCc3cncc(C#N)c3)c(CNC(C)(CO)CO)cc2Cl)C=CC=C(c2ccccc2)C1(C)C. The van der Waals surface area contributed by atoms with Crippen LogP contribution < -0.4 is 20.1 Å². The molecular weight excluding hydrogens is 592 g/mol. The minimum atomic E-state index is -1.08. The maximum atomic E-state index is 13.7. The van der Waals surface area contributed by atoms with Gasteiger partial charge in [0.05, 0.1) is 29.3 Å². The number of hydrogen-bond acceptors (Lipinski definition) is 8. The number of nitrogens with one attached hydrogen (secondary N) is 2. The molecule has 1 unspecified atom stereocenters. The first-order valence-electron chi connectivity index (χ1n) is 14.6. The first-order chi connectivity index (χ1) is 21.5. The minimum Gasteiger partial charge on any atom is -0.490 e. The number of hydrogen-bond donors (Lipinski definition) is 4. The van der Waals surface area contributed by atoms with E-state index in [1.165, 1.54) is 6.20 Å². The number of allylic oxidation sites excluding steroid dienone is 3. The summed E-state index contributed by atoms with van der Waals surface area (Å²) in [5, 5.41) is 35.1. The zero-order valence-electron chi connectivity index (χ0n) is 25.9. The molecule has 1 amide bonds. The summed E-state index contributed by atoms with van der Waals surface area (Å²) in [5.41, 5.74) is 1.07. The molecule has 0 saturated heterocycles. The lowest BCUT2D eigenvalue weighted by molar-refractivity contribution is -0.134. The van der Waals surface area contributed by atoms with Crippen LogP contribution in [0.25, 0.3) is 5.57 Å². The van der Waals surface area contributed by atoms with E-state index in [2.05, 4.69) is 21.7 Å². The van der Waals surface area contributed by atoms with Crippen LogP contribution in [0.15, 0.2) is 79.2 Å². The Bertz CT molecular complexity index is 1610. The quantitative estimate of drug-likeness (QED) is 0.211. The predicted molar refractivity (Wildman–Crippen MR) is 173 cm³/mol. The van der Waals surface area contributed by atoms with E-state index >= 15 is 0 Å². The molecule has 45 heavy (non-hydrogen) atoms. The molecule has 0 radical (unpaired) electrons. The third-order valence-electron chi connectivity index (χ3n) is 8.44. The number of benzene rings is 2. The average Bonchev–Trinajstić information content (AvgIpc) is 3.06. The van der Waals surface area contributed by atoms with Gasteiger partial charge in [-0.15, -0.1) is 0 Å². The molecule has 1 atom stereocenters. The van der Waals surface area contributed by atoms with Crippen LogP contribution in [0.5, 0.6) is 11.5 Å². The van der Waals surface area contributed by atoms with Crippen LogP contribution in [-0.2, 0) is 17.9 Å². The summed E-state index contributed by atoms with van der Waals surface area (Å²) in [4.78, 5) is 17.8. The molecule has 1 heterocycles. The van der Waals surface area contributed by atoms with Gasteiger partial charge in [-0.25, -0.2) is 0 Å². The second-order valence-electron chi connectivity index (χ2n) is 11.9. The molecule has 0 spiro atoms. The summed E-state index contributed by atoms with van der Waals surface area (Å²) in [5.74, 6) is 0.547. The molecule has 236 valence electrons. The zero-order valence-corrected chi connectivity index (χ0v) is 26.7. The highest BCUT2D eigenvalue weighted by Crippen LogP contribution is 2.52. The monoisotopic (exact) mass is 630 g/mol. The fraction of sp³-hybridized carbons (Fsp3) is 0.343. The smallest absolute Gasteiger partial charge is 0.234 e. The van der Waals surface area contributed by atoms with E-state index in [0.717, 1.165) is 11.1 Å². The average molecular weight is 631 g/mol. The van der Waals surface area contributed by atoms with Crippen molar-refractivity contribution >= 4 is 23.1 Å². The number of ether oxygens (including phenoxy) is 2. The predicted octanol–water partition coefficient (Wildman–Crippen LogP) is 4.81. The third-order valence-corrected chi connectivity index (χ3v) is 8.74. The van der Waals surface area contributed by atoms with Gasteiger partial charge in [-0.2, -0.15) is 5.26 Å². The van der Waals surface area contributed by atoms with Crippen molar-refractivity contribution in [1.29, 1.82) is 5.26 Å². The summed E-state index contributed by atoms with van der Waals surface area (Å²) in [6.45, 7) is 5.49. The van der Waals surface area contributed by atoms with Gasteiger partial charge in [-0.1, -0.05) is 74.0 Å². The van der Waals surface area contributed by atoms with Crippen LogP contribution in [-0.4, -0.2) is 53.5 Å². The molecule has 4 N–H and O–H groups in total. The van der Waals surface area contributed by atoms with Crippen molar-refractivity contribution < 1.29 is 24.5 Å². The van der Waals surface area contributed by atoms with Gasteiger partial charge in [0, 0.05) is 48.6 Å². The molecule has 2 aromatic carbocycles. The van der Waals surface area contributed by atoms with Crippen molar-refractivity contribution in [2.75, 3.05) is 26.9 Å². The Morgan fingerprint density at radius 2 is 1.82 bits per heavy atom. The summed E-state index contributed by atoms with van der Waals surface area (Å²) in [6, 6.07) is 17.1. The van der Waals surface area contributed by atoms with Crippen LogP contribution in [0, 0.1) is 22.2 Å². The standard InChI is InChI=1S/C35H39ClN4O5/c1-33(2)28(26-9-6-5-7-10-26)11-8-12-35(33,32(43)38-4)23-45-31-15-30(44-20-25-13-24(16-37)17-39-18-25)27(14-29(31)36)19-40-34(3,21-41)22-42/h5-15,17-18,40-42H,19-23H2,1-4H3,(H,38,43). The summed E-state index contributed by atoms with van der Waals surface area (Å²) >= 11 is 6.76. The molecular formula is C35H39ClN4O5. The Morgan fingerprint density at radius 3 is 2.49 bits per heavy atom. The molecule has 1 aromatic heterocycles. The van der Waals surface area contributed by atoms with Gasteiger partial charge < -0.3 is 30.3 Å². The molecule has 9 nitrogen and oxygen atoms in total. The van der Waals surface area contributed by atoms with E-state index in [4.69, 9.17) is 21.1 Å². The summed E-state index contributed by atoms with van der Waals surface area (Å²) < 4.78 is 12.6. The van der Waals surface area contributed by atoms with Gasteiger partial charge in [0.25, 0.3) is 0 Å². The first kappa shape index (κ1) is 33.7. The maximum Gasteiger partial charge on any atom is 0.234 e. The summed E-state index contributed by atoms with van der Waals surface area (Å²) in [7, 11) is 1.61. The van der Waals surface area contributed by atoms with E-state index in [0.29, 0.717) is 33.2 Å². The van der Waals surface area contributed by atoms with Crippen molar-refractivity contribution in [3.05, 3.63) is 106 Å². The number of amides is 1. The largest absolute Gasteiger partial charge is 0.490 e. The zero-order chi connectivity index (χ0) is 32.7. The van der Waals surface area contributed by atoms with Crippen molar-refractivity contribution in [1.82, 2.24) is 15.6 Å². The lowest BCUT2D eigenvalue weighted by Gasteiger charge is -2.46. The van der Waals surface area contributed by atoms with Gasteiger partial charge >= 0.3 is 0 Å². The lowest BCUT2D eigenvalue weighted by Crippen LogP contribution is -2.53. The summed E-state index contributed by atoms with van der Waals surface area (Å²) in [6.07, 6.45) is 8.88. The highest BCUT2D eigenvalue weighted by Gasteiger charge is 2.53. The molecule has 10 heteroatoms. The number of aliphatic hydroxyl groups excluding tert-OH is 2. The van der Waals surface area contributed by atoms with E-state index in [9.17, 15) is 20.3 Å². The number of nitriles is 1. The molecule has 0 aliphatic heterocycles. The molecule has 0 saturated carbocycles. The van der Waals surface area contributed by atoms with Crippen LogP contribution in [0.1, 0.15) is 43.0 Å². The van der Waals surface area contributed by atoms with Gasteiger partial charge in [0.2, 0.25) is 5.91 Å². The topological polar surface area (TPSA) is 137 Å². The highest BCUT2D eigenvalue weighted by atomic mass is 35.5. The second-order valence-corrected chi connectivity index (χ2v) is 12.3. The number of halogens is 1. The van der Waals surface area contributed by atoms with Gasteiger partial charge in [0.15, 0.2) is 0 Å². The van der Waals surface area contributed by atoms with Gasteiger partial charge in [0.1, 0.15) is 36.2 Å². The maximum absolute atomic E-state index is 13.7. The number of aromatic nitrogens is 1. The fourth-order valence-electron chi connectivity index (χ4n) is 5.33. The number of carbonyl (C=O) groups excluding carboxylic acids is 1. The van der Waals surface area contributed by atoms with Crippen molar-refractivity contribution in [3.63, 3.8) is 0 Å². The third kappa shape index (κ3) is 7.21. The number of nitrogens with zero attached hydrogens (tertiary/aromatic N) is 2. The molecule has 4 rings (SSSR count). The van der Waals surface area contributed by atoms with E-state index < -0.39 is 16.4 Å². The molecule has 0 fully saturated rings. The first-order valence-corrected chi connectivity index (χ1v) is 15.0. The Labute approximate surface area is 269 Å². The van der Waals surface area contributed by atoms with Crippen molar-refractivity contribution in [2.45, 2.75) is 39.5 Å². The Hall–Kier alpha value is -4.20. The molecule has 0 bridgehead atoms. The van der Waals surface area contributed by atoms with Crippen LogP contribution >= 0.6 is 11.6 Å². The number of rotatable bonds is 13. The highest BCUT2D eigenvalue weighted by molar-refractivity contribution is 6.32. The fourth-order valence-corrected chi connectivity index (χ4v) is 5.57. The van der Waals surface area contributed by atoms with Crippen LogP contribution in [0.2, 0.25) is 5.02 Å². The van der Waals surface area contributed by atoms with Crippen molar-refractivity contribution in [2.24, 2.45) is 10.8 Å². The molecule has 1 aliphatic rings. The number of carbonyl (C=O) groups is 1. The Kier molecular flexibility index (Phi) is 10.7. The lowest BCUT2D eigenvalue weighted by atomic mass is 9.58. The Morgan fingerprint density at radius 1 is 1.09 bits per heavy atom. The van der Waals surface area contributed by atoms with E-state index in [-0.39, 0.29) is 38.9 Å². The van der Waals surface area contributed by atoms with E-state index in [1.807, 2.05) is 62.4 Å². The molecule has 1 aliphatic carbocycles. The number of pyridine rings is 1. The number of aliphatic hydroxyl groups is 2. The van der Waals surface area contributed by atoms with Crippen LogP contribution in [0.4, 0.5) is 0 Å². The molecule has 3 aromatic rings. The Balaban J connectivity index is 1.67. The van der Waals surface area contributed by atoms with Gasteiger partial charge in [-0.05, 0) is 30.2 Å².